The van der Waals surface area contributed by atoms with Crippen LogP contribution in [0.4, 0.5) is 29.0 Å². The molecule has 3 aromatic heterocycles. The predicted molar refractivity (Wildman–Crippen MR) is 167 cm³/mol. The average molecular weight is 616 g/mol. The fourth-order valence-electron chi connectivity index (χ4n) is 3.74. The van der Waals surface area contributed by atoms with Gasteiger partial charge in [0.1, 0.15) is 0 Å². The van der Waals surface area contributed by atoms with Gasteiger partial charge in [0.2, 0.25) is 11.9 Å². The van der Waals surface area contributed by atoms with Crippen LogP contribution < -0.4 is 21.8 Å². The van der Waals surface area contributed by atoms with Gasteiger partial charge in [-0.25, -0.2) is 0 Å². The number of nitrogens with zero attached hydrogens (tertiary/aromatic N) is 4. The van der Waals surface area contributed by atoms with Gasteiger partial charge in [-0.05, 0) is 62.6 Å². The van der Waals surface area contributed by atoms with E-state index in [1.165, 1.54) is 11.8 Å². The number of halogens is 3. The van der Waals surface area contributed by atoms with Crippen LogP contribution in [0.5, 0.6) is 0 Å². The highest BCUT2D eigenvalue weighted by Crippen LogP contribution is 2.26. The highest BCUT2D eigenvalue weighted by Gasteiger charge is 2.10. The van der Waals surface area contributed by atoms with Gasteiger partial charge < -0.3 is 32.3 Å². The molecule has 0 aliphatic rings. The molecule has 0 radical (unpaired) electrons. The SMILES string of the molecule is CSc1nc(Nc2ccc3nc(C)cc(N)c3c2)nc(Nc2ccc3[nH]c(C)cc(=O)c3c2)n1.Cl.Cl.Cl.O.O. The summed E-state index contributed by atoms with van der Waals surface area (Å²) < 4.78 is 0. The highest BCUT2D eigenvalue weighted by molar-refractivity contribution is 7.98. The van der Waals surface area contributed by atoms with Crippen molar-refractivity contribution in [2.75, 3.05) is 22.6 Å². The Bertz CT molecular complexity index is 1640. The number of nitrogens with one attached hydrogen (secondary N) is 3. The van der Waals surface area contributed by atoms with Gasteiger partial charge in [0.05, 0.1) is 5.52 Å². The predicted octanol–water partition coefficient (Wildman–Crippen LogP) is 4.29. The van der Waals surface area contributed by atoms with Gasteiger partial charge in [-0.3, -0.25) is 9.78 Å². The molecule has 0 bridgehead atoms. The normalized spacial score (nSPS) is 9.72. The number of hydrogen-bond donors (Lipinski definition) is 4. The molecule has 0 unspecified atom stereocenters. The molecule has 210 valence electrons. The molecule has 3 heterocycles. The zero-order valence-electron chi connectivity index (χ0n) is 21.0. The first-order chi connectivity index (χ1) is 16.4. The van der Waals surface area contributed by atoms with Gasteiger partial charge in [0.15, 0.2) is 10.6 Å². The first-order valence-corrected chi connectivity index (χ1v) is 11.7. The van der Waals surface area contributed by atoms with E-state index in [9.17, 15) is 4.79 Å². The topological polar surface area (TPSA) is 198 Å². The second kappa shape index (κ2) is 14.7. The van der Waals surface area contributed by atoms with Crippen LogP contribution in [0.15, 0.2) is 58.5 Å². The van der Waals surface area contributed by atoms with Crippen molar-refractivity contribution < 1.29 is 11.0 Å². The highest BCUT2D eigenvalue weighted by atomic mass is 35.5. The minimum Gasteiger partial charge on any atom is -0.412 e. The van der Waals surface area contributed by atoms with Gasteiger partial charge in [-0.1, -0.05) is 11.8 Å². The molecule has 0 amide bonds. The third kappa shape index (κ3) is 7.82. The van der Waals surface area contributed by atoms with Crippen molar-refractivity contribution in [3.05, 3.63) is 70.1 Å². The standard InChI is InChI=1S/C24H22N8OS.3ClH.2H2O/c1-12-8-18(25)16-10-14(4-6-19(16)26-12)28-22-30-23(32-24(31-22)34-3)29-15-5-7-20-17(11-15)21(33)9-13(2)27-20;;;;;/h4-11H,1-3H3,(H2,25,26)(H,27,33)(H2,28,29,30,31,32);3*1H;2*1H2. The number of nitrogen functional groups attached to an aromatic ring is 1. The van der Waals surface area contributed by atoms with Crippen LogP contribution in [0.1, 0.15) is 11.4 Å². The lowest BCUT2D eigenvalue weighted by Gasteiger charge is -2.11. The zero-order chi connectivity index (χ0) is 23.8. The number of hydrogen-bond acceptors (Lipinski definition) is 9. The molecule has 15 heteroatoms. The Morgan fingerprint density at radius 2 is 1.38 bits per heavy atom. The van der Waals surface area contributed by atoms with Crippen LogP contribution in [0, 0.1) is 13.8 Å². The minimum atomic E-state index is -0.0436. The van der Waals surface area contributed by atoms with E-state index in [2.05, 4.69) is 35.6 Å². The molecule has 9 N–H and O–H groups in total. The van der Waals surface area contributed by atoms with Crippen molar-refractivity contribution in [1.82, 2.24) is 24.9 Å². The number of pyridine rings is 2. The number of rotatable bonds is 5. The van der Waals surface area contributed by atoms with Gasteiger partial charge in [0, 0.05) is 50.8 Å². The number of aromatic amines is 1. The molecule has 2 aromatic carbocycles. The van der Waals surface area contributed by atoms with Gasteiger partial charge in [-0.15, -0.1) is 37.2 Å². The van der Waals surface area contributed by atoms with Crippen LogP contribution in [-0.2, 0) is 0 Å². The quantitative estimate of drug-likeness (QED) is 0.208. The summed E-state index contributed by atoms with van der Waals surface area (Å²) >= 11 is 1.40. The van der Waals surface area contributed by atoms with Crippen molar-refractivity contribution >= 4 is 99.7 Å². The Morgan fingerprint density at radius 3 is 2.00 bits per heavy atom. The molecular formula is C24H29Cl3N8O3S. The molecule has 5 aromatic rings. The first kappa shape index (κ1) is 35.6. The minimum absolute atomic E-state index is 0. The number of fused-ring (bicyclic) bond motifs is 2. The summed E-state index contributed by atoms with van der Waals surface area (Å²) in [5, 5.41) is 8.40. The fraction of sp³-hybridized carbons (Fsp3) is 0.125. The molecule has 5 rings (SSSR count). The molecular weight excluding hydrogens is 587 g/mol. The van der Waals surface area contributed by atoms with E-state index in [1.807, 2.05) is 56.5 Å². The summed E-state index contributed by atoms with van der Waals surface area (Å²) in [6.07, 6.45) is 1.89. The zero-order valence-corrected chi connectivity index (χ0v) is 24.3. The van der Waals surface area contributed by atoms with Gasteiger partial charge >= 0.3 is 0 Å². The number of H-pyrrole nitrogens is 1. The molecule has 0 aliphatic carbocycles. The summed E-state index contributed by atoms with van der Waals surface area (Å²) in [5.74, 6) is 0.747. The Hall–Kier alpha value is -3.39. The van der Waals surface area contributed by atoms with Crippen molar-refractivity contribution in [1.29, 1.82) is 0 Å². The molecule has 0 saturated heterocycles. The first-order valence-electron chi connectivity index (χ1n) is 10.5. The van der Waals surface area contributed by atoms with Crippen LogP contribution in [-0.4, -0.2) is 42.1 Å². The number of anilines is 5. The average Bonchev–Trinajstić information content (AvgIpc) is 2.79. The van der Waals surface area contributed by atoms with Crippen LogP contribution >= 0.6 is 49.0 Å². The van der Waals surface area contributed by atoms with E-state index in [0.717, 1.165) is 33.5 Å². The van der Waals surface area contributed by atoms with E-state index >= 15 is 0 Å². The van der Waals surface area contributed by atoms with E-state index in [-0.39, 0.29) is 53.6 Å². The molecule has 0 saturated carbocycles. The summed E-state index contributed by atoms with van der Waals surface area (Å²) in [6, 6.07) is 14.7. The number of nitrogens with two attached hydrogens (primary N) is 1. The summed E-state index contributed by atoms with van der Waals surface area (Å²) in [7, 11) is 0. The third-order valence-corrected chi connectivity index (χ3v) is 5.79. The molecule has 0 aliphatic heterocycles. The van der Waals surface area contributed by atoms with E-state index < -0.39 is 0 Å². The lowest BCUT2D eigenvalue weighted by molar-refractivity contribution is 0.823. The number of thioether (sulfide) groups is 1. The lowest BCUT2D eigenvalue weighted by Crippen LogP contribution is -2.06. The van der Waals surface area contributed by atoms with Crippen molar-refractivity contribution in [3.63, 3.8) is 0 Å². The van der Waals surface area contributed by atoms with E-state index in [1.54, 1.807) is 12.1 Å². The molecule has 0 spiro atoms. The molecule has 0 fully saturated rings. The molecule has 11 nitrogen and oxygen atoms in total. The number of aromatic nitrogens is 5. The van der Waals surface area contributed by atoms with Crippen molar-refractivity contribution in [2.24, 2.45) is 0 Å². The Balaban J connectivity index is 0.00000289. The summed E-state index contributed by atoms with van der Waals surface area (Å²) in [5.41, 5.74) is 11.6. The second-order valence-corrected chi connectivity index (χ2v) is 8.65. The number of aryl methyl sites for hydroxylation is 2. The van der Waals surface area contributed by atoms with Crippen LogP contribution in [0.25, 0.3) is 21.8 Å². The van der Waals surface area contributed by atoms with Gasteiger partial charge in [0.25, 0.3) is 0 Å². The third-order valence-electron chi connectivity index (χ3n) is 5.24. The maximum absolute atomic E-state index is 12.4. The van der Waals surface area contributed by atoms with Crippen molar-refractivity contribution in [3.8, 4) is 0 Å². The van der Waals surface area contributed by atoms with E-state index in [4.69, 9.17) is 5.73 Å². The lowest BCUT2D eigenvalue weighted by atomic mass is 10.1. The summed E-state index contributed by atoms with van der Waals surface area (Å²) in [4.78, 5) is 33.5. The monoisotopic (exact) mass is 614 g/mol. The van der Waals surface area contributed by atoms with E-state index in [0.29, 0.717) is 33.8 Å². The Labute approximate surface area is 246 Å². The Morgan fingerprint density at radius 1 is 0.795 bits per heavy atom. The Kier molecular flexibility index (Phi) is 13.4. The maximum atomic E-state index is 12.4. The fourth-order valence-corrected chi connectivity index (χ4v) is 4.10. The summed E-state index contributed by atoms with van der Waals surface area (Å²) in [6.45, 7) is 3.77. The van der Waals surface area contributed by atoms with Crippen LogP contribution in [0.2, 0.25) is 0 Å². The van der Waals surface area contributed by atoms with Gasteiger partial charge in [-0.2, -0.15) is 15.0 Å². The maximum Gasteiger partial charge on any atom is 0.233 e. The molecule has 39 heavy (non-hydrogen) atoms. The van der Waals surface area contributed by atoms with Crippen LogP contribution in [0.3, 0.4) is 0 Å². The van der Waals surface area contributed by atoms with Crippen molar-refractivity contribution in [2.45, 2.75) is 19.0 Å². The molecule has 0 atom stereocenters. The largest absolute Gasteiger partial charge is 0.412 e. The second-order valence-electron chi connectivity index (χ2n) is 7.88. The number of benzene rings is 2. The smallest absolute Gasteiger partial charge is 0.233 e.